The number of nitrogens with zero attached hydrogens (tertiary/aromatic N) is 1. The maximum atomic E-state index is 12.7. The largest absolute Gasteiger partial charge is 0.324 e. The third-order valence-electron chi connectivity index (χ3n) is 4.42. The van der Waals surface area contributed by atoms with E-state index in [2.05, 4.69) is 10.6 Å². The third-order valence-corrected chi connectivity index (χ3v) is 6.80. The molecule has 0 aliphatic rings. The van der Waals surface area contributed by atoms with Crippen molar-refractivity contribution >= 4 is 33.2 Å². The van der Waals surface area contributed by atoms with Crippen molar-refractivity contribution in [2.75, 3.05) is 25.0 Å². The summed E-state index contributed by atoms with van der Waals surface area (Å²) in [5.74, 6) is -0.304. The Morgan fingerprint density at radius 1 is 1.11 bits per heavy atom. The number of hydrogen-bond donors (Lipinski definition) is 2. The summed E-state index contributed by atoms with van der Waals surface area (Å²) in [6.45, 7) is 6.32. The Morgan fingerprint density at radius 2 is 1.75 bits per heavy atom. The summed E-state index contributed by atoms with van der Waals surface area (Å²) >= 11 is 6.15. The Kier molecular flexibility index (Phi) is 8.00. The van der Waals surface area contributed by atoms with Crippen LogP contribution in [0.4, 0.5) is 5.69 Å². The quantitative estimate of drug-likeness (QED) is 0.645. The first kappa shape index (κ1) is 22.4. The van der Waals surface area contributed by atoms with E-state index >= 15 is 0 Å². The van der Waals surface area contributed by atoms with Gasteiger partial charge in [0.25, 0.3) is 0 Å². The summed E-state index contributed by atoms with van der Waals surface area (Å²) in [5.41, 5.74) is 1.34. The van der Waals surface area contributed by atoms with Gasteiger partial charge in [0, 0.05) is 19.1 Å². The van der Waals surface area contributed by atoms with Crippen LogP contribution < -0.4 is 10.6 Å². The lowest BCUT2D eigenvalue weighted by molar-refractivity contribution is -0.115. The smallest absolute Gasteiger partial charge is 0.243 e. The van der Waals surface area contributed by atoms with Gasteiger partial charge in [0.1, 0.15) is 0 Å². The highest BCUT2D eigenvalue weighted by molar-refractivity contribution is 7.89. The highest BCUT2D eigenvalue weighted by Crippen LogP contribution is 2.27. The number of halogens is 1. The minimum absolute atomic E-state index is 0.00296. The fourth-order valence-corrected chi connectivity index (χ4v) is 4.42. The van der Waals surface area contributed by atoms with Gasteiger partial charge < -0.3 is 10.6 Å². The van der Waals surface area contributed by atoms with Crippen LogP contribution in [0, 0.1) is 0 Å². The van der Waals surface area contributed by atoms with Crippen LogP contribution in [0.2, 0.25) is 5.02 Å². The van der Waals surface area contributed by atoms with E-state index in [9.17, 15) is 13.2 Å². The van der Waals surface area contributed by atoms with Crippen LogP contribution >= 0.6 is 11.6 Å². The second kappa shape index (κ2) is 10.0. The van der Waals surface area contributed by atoms with Gasteiger partial charge in [-0.05, 0) is 30.7 Å². The first-order chi connectivity index (χ1) is 13.3. The van der Waals surface area contributed by atoms with E-state index in [1.165, 1.54) is 22.5 Å². The summed E-state index contributed by atoms with van der Waals surface area (Å²) in [6, 6.07) is 14.1. The number of anilines is 1. The first-order valence-corrected chi connectivity index (χ1v) is 11.0. The van der Waals surface area contributed by atoms with Crippen molar-refractivity contribution in [3.05, 3.63) is 59.1 Å². The molecule has 2 N–H and O–H groups in total. The van der Waals surface area contributed by atoms with Gasteiger partial charge >= 0.3 is 0 Å². The molecule has 2 aromatic rings. The minimum Gasteiger partial charge on any atom is -0.324 e. The van der Waals surface area contributed by atoms with Gasteiger partial charge in [0.15, 0.2) is 0 Å². The fraction of sp³-hybridized carbons (Fsp3) is 0.350. The Hall–Kier alpha value is -1.93. The van der Waals surface area contributed by atoms with Gasteiger partial charge in [0.05, 0.1) is 22.2 Å². The number of benzene rings is 2. The average molecular weight is 424 g/mol. The van der Waals surface area contributed by atoms with Gasteiger partial charge in [-0.25, -0.2) is 8.42 Å². The number of carbonyl (C=O) groups is 1. The molecule has 0 bridgehead atoms. The molecule has 28 heavy (non-hydrogen) atoms. The highest BCUT2D eigenvalue weighted by atomic mass is 35.5. The molecule has 0 fully saturated rings. The molecule has 152 valence electrons. The van der Waals surface area contributed by atoms with Crippen molar-refractivity contribution in [2.24, 2.45) is 0 Å². The lowest BCUT2D eigenvalue weighted by Gasteiger charge is -2.19. The molecule has 0 radical (unpaired) electrons. The molecule has 0 aromatic heterocycles. The van der Waals surface area contributed by atoms with Crippen LogP contribution in [0.25, 0.3) is 0 Å². The molecule has 0 saturated heterocycles. The van der Waals surface area contributed by atoms with Gasteiger partial charge in [-0.15, -0.1) is 0 Å². The number of rotatable bonds is 9. The summed E-state index contributed by atoms with van der Waals surface area (Å²) in [6.07, 6.45) is 0. The predicted molar refractivity (Wildman–Crippen MR) is 113 cm³/mol. The zero-order chi connectivity index (χ0) is 20.7. The molecular weight excluding hydrogens is 398 g/mol. The number of sulfonamides is 1. The lowest BCUT2D eigenvalue weighted by Crippen LogP contribution is -2.31. The maximum absolute atomic E-state index is 12.7. The maximum Gasteiger partial charge on any atom is 0.243 e. The third kappa shape index (κ3) is 5.54. The van der Waals surface area contributed by atoms with Crippen LogP contribution in [0.1, 0.15) is 32.4 Å². The Bertz CT molecular complexity index is 900. The van der Waals surface area contributed by atoms with E-state index in [-0.39, 0.29) is 34.1 Å². The zero-order valence-electron chi connectivity index (χ0n) is 16.3. The molecule has 8 heteroatoms. The molecular formula is C20H26ClN3O3S. The molecule has 1 amide bonds. The van der Waals surface area contributed by atoms with Crippen molar-refractivity contribution in [1.29, 1.82) is 0 Å². The Labute approximate surface area is 171 Å². The van der Waals surface area contributed by atoms with Crippen LogP contribution in [-0.2, 0) is 14.8 Å². The van der Waals surface area contributed by atoms with Crippen LogP contribution in [-0.4, -0.2) is 38.3 Å². The molecule has 2 rings (SSSR count). The van der Waals surface area contributed by atoms with Crippen molar-refractivity contribution < 1.29 is 13.2 Å². The first-order valence-electron chi connectivity index (χ1n) is 9.17. The summed E-state index contributed by atoms with van der Waals surface area (Å²) < 4.78 is 26.7. The summed E-state index contributed by atoms with van der Waals surface area (Å²) in [4.78, 5) is 12.4. The number of amides is 1. The lowest BCUT2D eigenvalue weighted by atomic mass is 10.1. The number of nitrogens with one attached hydrogen (secondary N) is 2. The Balaban J connectivity index is 2.08. The van der Waals surface area contributed by atoms with Crippen molar-refractivity contribution in [3.8, 4) is 0 Å². The molecule has 0 aliphatic carbocycles. The standard InChI is InChI=1S/C20H26ClN3O3S/c1-4-24(5-2)28(26,27)17-11-12-18(21)19(13-17)23-20(25)14-22-15(3)16-9-7-6-8-10-16/h6-13,15,22H,4-5,14H2,1-3H3,(H,23,25). The zero-order valence-corrected chi connectivity index (χ0v) is 17.8. The van der Waals surface area contributed by atoms with E-state index in [0.29, 0.717) is 13.1 Å². The molecule has 0 spiro atoms. The van der Waals surface area contributed by atoms with Gasteiger partial charge in [-0.3, -0.25) is 4.79 Å². The monoisotopic (exact) mass is 423 g/mol. The predicted octanol–water partition coefficient (Wildman–Crippen LogP) is 3.66. The molecule has 0 aliphatic heterocycles. The minimum atomic E-state index is -3.63. The summed E-state index contributed by atoms with van der Waals surface area (Å²) in [7, 11) is -3.63. The van der Waals surface area contributed by atoms with Crippen LogP contribution in [0.5, 0.6) is 0 Å². The molecule has 0 saturated carbocycles. The second-order valence-electron chi connectivity index (χ2n) is 6.29. The molecule has 2 aromatic carbocycles. The van der Waals surface area contributed by atoms with E-state index in [4.69, 9.17) is 11.6 Å². The van der Waals surface area contributed by atoms with Crippen molar-refractivity contribution in [2.45, 2.75) is 31.7 Å². The molecule has 6 nitrogen and oxygen atoms in total. The van der Waals surface area contributed by atoms with E-state index in [1.807, 2.05) is 37.3 Å². The van der Waals surface area contributed by atoms with Crippen LogP contribution in [0.3, 0.4) is 0 Å². The van der Waals surface area contributed by atoms with Crippen molar-refractivity contribution in [1.82, 2.24) is 9.62 Å². The molecule has 1 unspecified atom stereocenters. The van der Waals surface area contributed by atoms with E-state index < -0.39 is 10.0 Å². The summed E-state index contributed by atoms with van der Waals surface area (Å²) in [5, 5.41) is 6.11. The van der Waals surface area contributed by atoms with Gasteiger partial charge in [-0.2, -0.15) is 4.31 Å². The Morgan fingerprint density at radius 3 is 2.36 bits per heavy atom. The van der Waals surface area contributed by atoms with E-state index in [0.717, 1.165) is 5.56 Å². The van der Waals surface area contributed by atoms with Crippen LogP contribution in [0.15, 0.2) is 53.4 Å². The SMILES string of the molecule is CCN(CC)S(=O)(=O)c1ccc(Cl)c(NC(=O)CNC(C)c2ccccc2)c1. The van der Waals surface area contributed by atoms with Crippen molar-refractivity contribution in [3.63, 3.8) is 0 Å². The van der Waals surface area contributed by atoms with Gasteiger partial charge in [-0.1, -0.05) is 55.8 Å². The molecule has 0 heterocycles. The molecule has 1 atom stereocenters. The van der Waals surface area contributed by atoms with Gasteiger partial charge in [0.2, 0.25) is 15.9 Å². The topological polar surface area (TPSA) is 78.5 Å². The normalized spacial score (nSPS) is 12.8. The highest BCUT2D eigenvalue weighted by Gasteiger charge is 2.22. The fourth-order valence-electron chi connectivity index (χ4n) is 2.77. The average Bonchev–Trinajstić information content (AvgIpc) is 2.69. The number of carbonyl (C=O) groups excluding carboxylic acids is 1. The number of hydrogen-bond acceptors (Lipinski definition) is 4. The second-order valence-corrected chi connectivity index (χ2v) is 8.64. The van der Waals surface area contributed by atoms with E-state index in [1.54, 1.807) is 13.8 Å².